The number of aliphatic imine (C=N–C) groups is 1. The van der Waals surface area contributed by atoms with Gasteiger partial charge in [-0.3, -0.25) is 4.79 Å². The van der Waals surface area contributed by atoms with Crippen LogP contribution >= 0.6 is 0 Å². The lowest BCUT2D eigenvalue weighted by molar-refractivity contribution is -0.122. The van der Waals surface area contributed by atoms with Crippen molar-refractivity contribution in [2.45, 2.75) is 33.2 Å². The lowest BCUT2D eigenvalue weighted by Gasteiger charge is -2.12. The van der Waals surface area contributed by atoms with E-state index in [2.05, 4.69) is 52.1 Å². The van der Waals surface area contributed by atoms with Crippen LogP contribution in [0.4, 0.5) is 0 Å². The minimum absolute atomic E-state index is 0.184. The summed E-state index contributed by atoms with van der Waals surface area (Å²) >= 11 is 0. The normalized spacial score (nSPS) is 14.5. The van der Waals surface area contributed by atoms with Gasteiger partial charge < -0.3 is 16.0 Å². The van der Waals surface area contributed by atoms with Crippen LogP contribution in [0.3, 0.4) is 0 Å². The fraction of sp³-hybridized carbons (Fsp3) is 0.529. The van der Waals surface area contributed by atoms with Crippen LogP contribution in [0.15, 0.2) is 29.3 Å². The zero-order valence-corrected chi connectivity index (χ0v) is 13.5. The lowest BCUT2D eigenvalue weighted by atomic mass is 10.1. The monoisotopic (exact) mass is 302 g/mol. The summed E-state index contributed by atoms with van der Waals surface area (Å²) in [6.07, 6.45) is 2.08. The van der Waals surface area contributed by atoms with Gasteiger partial charge in [0.2, 0.25) is 5.91 Å². The SMILES string of the molecule is CCNC(=NCc1ccc(C)cc1)NCCNC(=O)C1CC1. The summed E-state index contributed by atoms with van der Waals surface area (Å²) in [7, 11) is 0. The molecular weight excluding hydrogens is 276 g/mol. The molecule has 0 aliphatic heterocycles. The van der Waals surface area contributed by atoms with Crippen LogP contribution in [0, 0.1) is 12.8 Å². The van der Waals surface area contributed by atoms with E-state index < -0.39 is 0 Å². The summed E-state index contributed by atoms with van der Waals surface area (Å²) in [5.74, 6) is 1.23. The molecular formula is C17H26N4O. The van der Waals surface area contributed by atoms with E-state index in [0.717, 1.165) is 25.3 Å². The van der Waals surface area contributed by atoms with E-state index in [1.807, 2.05) is 6.92 Å². The van der Waals surface area contributed by atoms with Gasteiger partial charge >= 0.3 is 0 Å². The van der Waals surface area contributed by atoms with Crippen molar-refractivity contribution in [3.8, 4) is 0 Å². The summed E-state index contributed by atoms with van der Waals surface area (Å²) in [5, 5.41) is 9.39. The topological polar surface area (TPSA) is 65.5 Å². The minimum atomic E-state index is 0.184. The van der Waals surface area contributed by atoms with Crippen molar-refractivity contribution >= 4 is 11.9 Å². The third-order valence-electron chi connectivity index (χ3n) is 3.55. The molecule has 1 fully saturated rings. The maximum Gasteiger partial charge on any atom is 0.223 e. The molecule has 0 aromatic heterocycles. The van der Waals surface area contributed by atoms with Crippen LogP contribution in [-0.2, 0) is 11.3 Å². The van der Waals surface area contributed by atoms with Crippen molar-refractivity contribution < 1.29 is 4.79 Å². The van der Waals surface area contributed by atoms with Gasteiger partial charge in [0.1, 0.15) is 0 Å². The number of hydrogen-bond acceptors (Lipinski definition) is 2. The van der Waals surface area contributed by atoms with Gasteiger partial charge in [-0.1, -0.05) is 29.8 Å². The van der Waals surface area contributed by atoms with Gasteiger partial charge in [0.05, 0.1) is 6.54 Å². The maximum atomic E-state index is 11.5. The van der Waals surface area contributed by atoms with Gasteiger partial charge in [-0.15, -0.1) is 0 Å². The fourth-order valence-corrected chi connectivity index (χ4v) is 2.06. The molecule has 0 radical (unpaired) electrons. The number of aryl methyl sites for hydroxylation is 1. The van der Waals surface area contributed by atoms with E-state index >= 15 is 0 Å². The predicted molar refractivity (Wildman–Crippen MR) is 89.7 cm³/mol. The Kier molecular flexibility index (Phi) is 6.25. The maximum absolute atomic E-state index is 11.5. The third kappa shape index (κ3) is 5.76. The second-order valence-electron chi connectivity index (χ2n) is 5.67. The summed E-state index contributed by atoms with van der Waals surface area (Å²) in [5.41, 5.74) is 2.44. The molecule has 1 aliphatic carbocycles. The first-order valence-electron chi connectivity index (χ1n) is 8.04. The van der Waals surface area contributed by atoms with E-state index in [9.17, 15) is 4.79 Å². The smallest absolute Gasteiger partial charge is 0.223 e. The molecule has 5 nitrogen and oxygen atoms in total. The second-order valence-corrected chi connectivity index (χ2v) is 5.67. The van der Waals surface area contributed by atoms with Gasteiger partial charge in [-0.25, -0.2) is 4.99 Å². The number of guanidine groups is 1. The molecule has 0 heterocycles. The number of nitrogens with zero attached hydrogens (tertiary/aromatic N) is 1. The molecule has 1 aliphatic rings. The van der Waals surface area contributed by atoms with Crippen LogP contribution in [-0.4, -0.2) is 31.5 Å². The Bertz CT molecular complexity index is 506. The first-order chi connectivity index (χ1) is 10.7. The van der Waals surface area contributed by atoms with E-state index in [0.29, 0.717) is 19.6 Å². The molecule has 1 amide bonds. The molecule has 22 heavy (non-hydrogen) atoms. The van der Waals surface area contributed by atoms with Crippen LogP contribution < -0.4 is 16.0 Å². The highest BCUT2D eigenvalue weighted by Gasteiger charge is 2.28. The molecule has 3 N–H and O–H groups in total. The van der Waals surface area contributed by atoms with Crippen LogP contribution in [0.25, 0.3) is 0 Å². The first-order valence-corrected chi connectivity index (χ1v) is 8.04. The lowest BCUT2D eigenvalue weighted by Crippen LogP contribution is -2.41. The van der Waals surface area contributed by atoms with Gasteiger partial charge in [-0.2, -0.15) is 0 Å². The van der Waals surface area contributed by atoms with Crippen LogP contribution in [0.2, 0.25) is 0 Å². The van der Waals surface area contributed by atoms with Gasteiger partial charge in [0, 0.05) is 25.6 Å². The molecule has 0 atom stereocenters. The zero-order chi connectivity index (χ0) is 15.8. The largest absolute Gasteiger partial charge is 0.357 e. The Hall–Kier alpha value is -2.04. The highest BCUT2D eigenvalue weighted by atomic mass is 16.2. The highest BCUT2D eigenvalue weighted by molar-refractivity contribution is 5.81. The molecule has 5 heteroatoms. The van der Waals surface area contributed by atoms with Crippen molar-refractivity contribution in [1.29, 1.82) is 0 Å². The second kappa shape index (κ2) is 8.41. The molecule has 0 saturated heterocycles. The van der Waals surface area contributed by atoms with E-state index in [-0.39, 0.29) is 11.8 Å². The quantitative estimate of drug-likeness (QED) is 0.407. The average molecular weight is 302 g/mol. The molecule has 0 spiro atoms. The molecule has 120 valence electrons. The van der Waals surface area contributed by atoms with Crippen molar-refractivity contribution in [3.05, 3.63) is 35.4 Å². The molecule has 0 bridgehead atoms. The Morgan fingerprint density at radius 2 is 1.82 bits per heavy atom. The Labute approximate surface area is 132 Å². The standard InChI is InChI=1S/C17H26N4O/c1-3-18-17(20-11-10-19-16(22)15-8-9-15)21-12-14-6-4-13(2)5-7-14/h4-7,15H,3,8-12H2,1-2H3,(H,19,22)(H2,18,20,21). The number of nitrogens with one attached hydrogen (secondary N) is 3. The number of rotatable bonds is 7. The van der Waals surface area contributed by atoms with E-state index in [4.69, 9.17) is 0 Å². The van der Waals surface area contributed by atoms with E-state index in [1.54, 1.807) is 0 Å². The molecule has 0 unspecified atom stereocenters. The van der Waals surface area contributed by atoms with Crippen molar-refractivity contribution in [1.82, 2.24) is 16.0 Å². The van der Waals surface area contributed by atoms with Crippen molar-refractivity contribution in [3.63, 3.8) is 0 Å². The summed E-state index contributed by atoms with van der Waals surface area (Å²) < 4.78 is 0. The number of hydrogen-bond donors (Lipinski definition) is 3. The van der Waals surface area contributed by atoms with Crippen molar-refractivity contribution in [2.75, 3.05) is 19.6 Å². The number of carbonyl (C=O) groups is 1. The third-order valence-corrected chi connectivity index (χ3v) is 3.55. The summed E-state index contributed by atoms with van der Waals surface area (Å²) in [6, 6.07) is 8.38. The molecule has 2 rings (SSSR count). The predicted octanol–water partition coefficient (Wildman–Crippen LogP) is 1.58. The number of carbonyl (C=O) groups excluding carboxylic acids is 1. The average Bonchev–Trinajstić information content (AvgIpc) is 3.35. The van der Waals surface area contributed by atoms with E-state index in [1.165, 1.54) is 11.1 Å². The summed E-state index contributed by atoms with van der Waals surface area (Å²) in [6.45, 7) is 6.88. The zero-order valence-electron chi connectivity index (χ0n) is 13.5. The Balaban J connectivity index is 1.73. The molecule has 1 aromatic rings. The number of benzene rings is 1. The van der Waals surface area contributed by atoms with Gasteiger partial charge in [0.15, 0.2) is 5.96 Å². The summed E-state index contributed by atoms with van der Waals surface area (Å²) in [4.78, 5) is 16.1. The first kappa shape index (κ1) is 16.3. The van der Waals surface area contributed by atoms with Crippen LogP contribution in [0.5, 0.6) is 0 Å². The number of amides is 1. The Morgan fingerprint density at radius 1 is 1.14 bits per heavy atom. The van der Waals surface area contributed by atoms with Crippen molar-refractivity contribution in [2.24, 2.45) is 10.9 Å². The van der Waals surface area contributed by atoms with Gasteiger partial charge in [-0.05, 0) is 32.3 Å². The van der Waals surface area contributed by atoms with Crippen LogP contribution in [0.1, 0.15) is 30.9 Å². The molecule has 1 aromatic carbocycles. The fourth-order valence-electron chi connectivity index (χ4n) is 2.06. The van der Waals surface area contributed by atoms with Gasteiger partial charge in [0.25, 0.3) is 0 Å². The Morgan fingerprint density at radius 3 is 2.45 bits per heavy atom. The minimum Gasteiger partial charge on any atom is -0.357 e. The highest BCUT2D eigenvalue weighted by Crippen LogP contribution is 2.28. The molecule has 1 saturated carbocycles.